The van der Waals surface area contributed by atoms with Gasteiger partial charge in [-0.25, -0.2) is 0 Å². The minimum Gasteiger partial charge on any atom is -0.0497 e. The second kappa shape index (κ2) is 2.48. The molecule has 0 nitrogen and oxygen atoms in total. The number of hydrogen-bond acceptors (Lipinski definition) is 0. The summed E-state index contributed by atoms with van der Waals surface area (Å²) in [7, 11) is 0. The number of fused-ring (bicyclic) bond motifs is 1. The molecule has 0 spiro atoms. The van der Waals surface area contributed by atoms with Crippen LogP contribution in [0.2, 0.25) is 0 Å². The van der Waals surface area contributed by atoms with Crippen LogP contribution in [0, 0.1) is 3.57 Å². The van der Waals surface area contributed by atoms with Crippen LogP contribution in [0.5, 0.6) is 0 Å². The van der Waals surface area contributed by atoms with Crippen molar-refractivity contribution in [2.24, 2.45) is 0 Å². The van der Waals surface area contributed by atoms with E-state index in [2.05, 4.69) is 50.7 Å². The third-order valence-electron chi connectivity index (χ3n) is 1.91. The first-order chi connectivity index (χ1) is 4.77. The summed E-state index contributed by atoms with van der Waals surface area (Å²) in [6, 6.07) is 4.50. The molecule has 0 N–H and O–H groups in total. The van der Waals surface area contributed by atoms with Crippen molar-refractivity contribution in [1.29, 1.82) is 0 Å². The largest absolute Gasteiger partial charge is 0.0497 e. The summed E-state index contributed by atoms with van der Waals surface area (Å²) in [5, 5.41) is 0. The van der Waals surface area contributed by atoms with Crippen molar-refractivity contribution < 1.29 is 0 Å². The van der Waals surface area contributed by atoms with Crippen LogP contribution in [0.25, 0.3) is 0 Å². The van der Waals surface area contributed by atoms with E-state index in [1.165, 1.54) is 32.0 Å². The van der Waals surface area contributed by atoms with Gasteiger partial charge < -0.3 is 0 Å². The zero-order valence-electron chi connectivity index (χ0n) is 5.32. The van der Waals surface area contributed by atoms with E-state index in [0.717, 1.165) is 0 Å². The Kier molecular flexibility index (Phi) is 1.76. The average molecular weight is 309 g/mol. The monoisotopic (exact) mass is 308 g/mol. The van der Waals surface area contributed by atoms with E-state index < -0.39 is 0 Å². The molecule has 1 aliphatic carbocycles. The third kappa shape index (κ3) is 1.01. The first kappa shape index (κ1) is 7.10. The lowest BCUT2D eigenvalue weighted by molar-refractivity contribution is 0.836. The first-order valence-corrected chi connectivity index (χ1v) is 5.11. The van der Waals surface area contributed by atoms with Gasteiger partial charge in [0.1, 0.15) is 0 Å². The lowest BCUT2D eigenvalue weighted by Crippen LogP contribution is -2.08. The van der Waals surface area contributed by atoms with Crippen molar-refractivity contribution in [2.45, 2.75) is 12.8 Å². The van der Waals surface area contributed by atoms with E-state index in [9.17, 15) is 0 Å². The molecule has 10 heavy (non-hydrogen) atoms. The summed E-state index contributed by atoms with van der Waals surface area (Å²) >= 11 is 5.86. The van der Waals surface area contributed by atoms with Crippen LogP contribution in [-0.2, 0) is 12.8 Å². The predicted molar refractivity (Wildman–Crippen MR) is 54.3 cm³/mol. The van der Waals surface area contributed by atoms with Gasteiger partial charge in [0, 0.05) is 8.04 Å². The van der Waals surface area contributed by atoms with Crippen LogP contribution in [0.1, 0.15) is 11.1 Å². The molecule has 1 aromatic carbocycles. The Bertz CT molecular complexity index is 241. The Hall–Kier alpha value is 0.430. The van der Waals surface area contributed by atoms with E-state index in [1.807, 2.05) is 0 Å². The Balaban J connectivity index is 2.60. The smallest absolute Gasteiger partial charge is 0.0311 e. The first-order valence-electron chi connectivity index (χ1n) is 3.24. The zero-order chi connectivity index (χ0) is 7.14. The fourth-order valence-electron chi connectivity index (χ4n) is 1.19. The van der Waals surface area contributed by atoms with Gasteiger partial charge in [0.05, 0.1) is 0 Å². The molecular formula is C8H6BrI. The van der Waals surface area contributed by atoms with Crippen LogP contribution >= 0.6 is 38.5 Å². The Labute approximate surface area is 82.3 Å². The maximum Gasteiger partial charge on any atom is 0.0311 e. The molecule has 2 rings (SSSR count). The molecule has 0 saturated heterocycles. The topological polar surface area (TPSA) is 0 Å². The van der Waals surface area contributed by atoms with Crippen molar-refractivity contribution in [3.63, 3.8) is 0 Å². The highest BCUT2D eigenvalue weighted by Gasteiger charge is 2.13. The number of aryl methyl sites for hydroxylation is 2. The molecule has 0 atom stereocenters. The number of hydrogen-bond donors (Lipinski definition) is 0. The van der Waals surface area contributed by atoms with Crippen LogP contribution in [0.3, 0.4) is 0 Å². The summed E-state index contributed by atoms with van der Waals surface area (Å²) in [5.74, 6) is 0. The van der Waals surface area contributed by atoms with Crippen molar-refractivity contribution in [3.05, 3.63) is 31.3 Å². The fourth-order valence-corrected chi connectivity index (χ4v) is 2.11. The van der Waals surface area contributed by atoms with Gasteiger partial charge in [0.15, 0.2) is 0 Å². The van der Waals surface area contributed by atoms with E-state index in [-0.39, 0.29) is 0 Å². The van der Waals surface area contributed by atoms with E-state index >= 15 is 0 Å². The molecule has 1 aliphatic rings. The maximum atomic E-state index is 3.51. The molecule has 52 valence electrons. The zero-order valence-corrected chi connectivity index (χ0v) is 9.07. The van der Waals surface area contributed by atoms with Gasteiger partial charge in [-0.05, 0) is 74.6 Å². The molecular weight excluding hydrogens is 303 g/mol. The van der Waals surface area contributed by atoms with E-state index in [0.29, 0.717) is 0 Å². The molecule has 0 amide bonds. The Morgan fingerprint density at radius 2 is 1.80 bits per heavy atom. The molecule has 0 saturated carbocycles. The molecule has 0 heterocycles. The Morgan fingerprint density at radius 3 is 2.30 bits per heavy atom. The maximum absolute atomic E-state index is 3.51. The molecule has 0 aromatic heterocycles. The SMILES string of the molecule is Brc1cc2c(cc1I)CC2. The van der Waals surface area contributed by atoms with Gasteiger partial charge in [-0.15, -0.1) is 0 Å². The summed E-state index contributed by atoms with van der Waals surface area (Å²) in [6.07, 6.45) is 2.55. The summed E-state index contributed by atoms with van der Waals surface area (Å²) in [4.78, 5) is 0. The van der Waals surface area contributed by atoms with Gasteiger partial charge in [-0.3, -0.25) is 0 Å². The summed E-state index contributed by atoms with van der Waals surface area (Å²) in [6.45, 7) is 0. The second-order valence-electron chi connectivity index (χ2n) is 2.54. The predicted octanol–water partition coefficient (Wildman–Crippen LogP) is 3.15. The minimum atomic E-state index is 1.24. The molecule has 0 bridgehead atoms. The van der Waals surface area contributed by atoms with Crippen molar-refractivity contribution >= 4 is 38.5 Å². The van der Waals surface area contributed by atoms with Gasteiger partial charge in [-0.2, -0.15) is 0 Å². The van der Waals surface area contributed by atoms with Crippen LogP contribution in [0.15, 0.2) is 16.6 Å². The Morgan fingerprint density at radius 1 is 1.20 bits per heavy atom. The molecule has 2 heteroatoms. The number of halogens is 2. The quantitative estimate of drug-likeness (QED) is 0.646. The summed E-state index contributed by atoms with van der Waals surface area (Å²) in [5.41, 5.74) is 3.06. The van der Waals surface area contributed by atoms with Gasteiger partial charge in [-0.1, -0.05) is 0 Å². The highest BCUT2D eigenvalue weighted by molar-refractivity contribution is 14.1. The molecule has 0 aliphatic heterocycles. The van der Waals surface area contributed by atoms with Crippen molar-refractivity contribution in [2.75, 3.05) is 0 Å². The van der Waals surface area contributed by atoms with Gasteiger partial charge in [0.2, 0.25) is 0 Å². The number of benzene rings is 1. The lowest BCUT2D eigenvalue weighted by Gasteiger charge is -2.19. The molecule has 0 fully saturated rings. The van der Waals surface area contributed by atoms with E-state index in [4.69, 9.17) is 0 Å². The highest BCUT2D eigenvalue weighted by Crippen LogP contribution is 2.30. The molecule has 0 radical (unpaired) electrons. The van der Waals surface area contributed by atoms with Crippen molar-refractivity contribution in [3.8, 4) is 0 Å². The molecule has 1 aromatic rings. The summed E-state index contributed by atoms with van der Waals surface area (Å²) < 4.78 is 2.57. The van der Waals surface area contributed by atoms with Crippen LogP contribution in [-0.4, -0.2) is 0 Å². The average Bonchev–Trinajstić information content (AvgIpc) is 1.89. The highest BCUT2D eigenvalue weighted by atomic mass is 127. The minimum absolute atomic E-state index is 1.24. The lowest BCUT2D eigenvalue weighted by atomic mass is 9.89. The number of rotatable bonds is 0. The van der Waals surface area contributed by atoms with Gasteiger partial charge >= 0.3 is 0 Å². The second-order valence-corrected chi connectivity index (χ2v) is 4.55. The van der Waals surface area contributed by atoms with Crippen LogP contribution in [0.4, 0.5) is 0 Å². The van der Waals surface area contributed by atoms with Crippen LogP contribution < -0.4 is 0 Å². The van der Waals surface area contributed by atoms with Gasteiger partial charge in [0.25, 0.3) is 0 Å². The fraction of sp³-hybridized carbons (Fsp3) is 0.250. The third-order valence-corrected chi connectivity index (χ3v) is 4.20. The normalized spacial score (nSPS) is 14.2. The standard InChI is InChI=1S/C8H6BrI/c9-7-3-5-1-2-6(5)4-8(7)10/h3-4H,1-2H2. The van der Waals surface area contributed by atoms with Crippen molar-refractivity contribution in [1.82, 2.24) is 0 Å². The van der Waals surface area contributed by atoms with E-state index in [1.54, 1.807) is 0 Å². The molecule has 0 unspecified atom stereocenters.